The second-order valence-electron chi connectivity index (χ2n) is 4.25. The van der Waals surface area contributed by atoms with Crippen LogP contribution in [0.2, 0.25) is 0 Å². The van der Waals surface area contributed by atoms with Crippen molar-refractivity contribution in [3.63, 3.8) is 0 Å². The van der Waals surface area contributed by atoms with Gasteiger partial charge in [-0.3, -0.25) is 0 Å². The Labute approximate surface area is 122 Å². The van der Waals surface area contributed by atoms with Crippen LogP contribution in [0.4, 0.5) is 4.79 Å². The average molecular weight is 306 g/mol. The molecule has 7 heteroatoms. The van der Waals surface area contributed by atoms with E-state index < -0.39 is 22.4 Å². The fourth-order valence-electron chi connectivity index (χ4n) is 1.83. The van der Waals surface area contributed by atoms with Crippen LogP contribution in [-0.4, -0.2) is 14.5 Å². The Morgan fingerprint density at radius 1 is 0.952 bits per heavy atom. The summed E-state index contributed by atoms with van der Waals surface area (Å²) in [6, 6.07) is 18.0. The summed E-state index contributed by atoms with van der Waals surface area (Å²) in [5.41, 5.74) is 1.43. The van der Waals surface area contributed by atoms with Gasteiger partial charge in [0.2, 0.25) is 0 Å². The van der Waals surface area contributed by atoms with E-state index >= 15 is 0 Å². The smallest absolute Gasteiger partial charge is 0.422 e. The van der Waals surface area contributed by atoms with Crippen LogP contribution in [-0.2, 0) is 14.9 Å². The van der Waals surface area contributed by atoms with Crippen molar-refractivity contribution >= 4 is 16.3 Å². The summed E-state index contributed by atoms with van der Waals surface area (Å²) >= 11 is 0. The molecular weight excluding hydrogens is 292 g/mol. The number of hydrogen-bond acceptors (Lipinski definition) is 4. The maximum absolute atomic E-state index is 11.6. The number of carbonyl (C=O) groups is 1. The zero-order valence-electron chi connectivity index (χ0n) is 11.0. The van der Waals surface area contributed by atoms with Gasteiger partial charge in [-0.15, -0.1) is 0 Å². The first kappa shape index (κ1) is 15.0. The van der Waals surface area contributed by atoms with E-state index in [9.17, 15) is 13.2 Å². The second-order valence-corrected chi connectivity index (χ2v) is 5.55. The van der Waals surface area contributed by atoms with Crippen molar-refractivity contribution in [3.05, 3.63) is 71.8 Å². The third-order valence-corrected chi connectivity index (χ3v) is 3.11. The molecule has 0 fully saturated rings. The molecule has 2 aromatic carbocycles. The van der Waals surface area contributed by atoms with Gasteiger partial charge in [0, 0.05) is 0 Å². The van der Waals surface area contributed by atoms with Crippen LogP contribution in [0.5, 0.6) is 0 Å². The molecule has 0 aliphatic rings. The summed E-state index contributed by atoms with van der Waals surface area (Å²) in [6.07, 6.45) is -1.86. The molecule has 0 aliphatic carbocycles. The molecule has 0 heterocycles. The number of carbonyl (C=O) groups excluding carboxylic acids is 1. The van der Waals surface area contributed by atoms with E-state index in [0.717, 1.165) is 0 Å². The quantitative estimate of drug-likeness (QED) is 0.898. The molecule has 0 aromatic heterocycles. The highest BCUT2D eigenvalue weighted by atomic mass is 32.2. The molecule has 0 saturated heterocycles. The second kappa shape index (κ2) is 6.38. The summed E-state index contributed by atoms with van der Waals surface area (Å²) in [7, 11) is -4.16. The van der Waals surface area contributed by atoms with Crippen LogP contribution in [0.15, 0.2) is 60.7 Å². The minimum Gasteiger partial charge on any atom is -0.436 e. The van der Waals surface area contributed by atoms with Crippen molar-refractivity contribution in [2.45, 2.75) is 6.10 Å². The van der Waals surface area contributed by atoms with Gasteiger partial charge in [-0.05, 0) is 11.1 Å². The van der Waals surface area contributed by atoms with Crippen LogP contribution in [0.1, 0.15) is 17.2 Å². The third kappa shape index (κ3) is 4.59. The summed E-state index contributed by atoms with van der Waals surface area (Å²) in [4.78, 5) is 11.6. The van der Waals surface area contributed by atoms with Gasteiger partial charge in [0.25, 0.3) is 0 Å². The predicted octanol–water partition coefficient (Wildman–Crippen LogP) is 1.71. The molecule has 0 atom stereocenters. The molecule has 0 saturated carbocycles. The standard InChI is InChI=1S/C14H14N2O4S/c15-21(18,19)16-14(17)20-13(11-7-3-1-4-8-11)12-9-5-2-6-10-12/h1-10,13H,(H,16,17)(H2,15,18,19). The minimum atomic E-state index is -4.16. The molecule has 0 aliphatic heterocycles. The van der Waals surface area contributed by atoms with Crippen LogP contribution in [0.25, 0.3) is 0 Å². The molecular formula is C14H14N2O4S. The number of hydrogen-bond donors (Lipinski definition) is 2. The maximum Gasteiger partial charge on any atom is 0.422 e. The number of nitrogens with two attached hydrogens (primary N) is 1. The van der Waals surface area contributed by atoms with E-state index in [1.54, 1.807) is 53.3 Å². The zero-order valence-corrected chi connectivity index (χ0v) is 11.8. The van der Waals surface area contributed by atoms with Crippen molar-refractivity contribution in [2.75, 3.05) is 0 Å². The summed E-state index contributed by atoms with van der Waals surface area (Å²) < 4.78 is 28.5. The lowest BCUT2D eigenvalue weighted by Gasteiger charge is -2.18. The van der Waals surface area contributed by atoms with E-state index in [1.807, 2.05) is 12.1 Å². The SMILES string of the molecule is NS(=O)(=O)NC(=O)OC(c1ccccc1)c1ccccc1. The summed E-state index contributed by atoms with van der Waals surface area (Å²) in [5, 5.41) is 4.75. The molecule has 0 radical (unpaired) electrons. The Hall–Kier alpha value is -2.38. The van der Waals surface area contributed by atoms with Gasteiger partial charge >= 0.3 is 16.3 Å². The number of benzene rings is 2. The highest BCUT2D eigenvalue weighted by Gasteiger charge is 2.20. The van der Waals surface area contributed by atoms with Crippen molar-refractivity contribution in [2.24, 2.45) is 5.14 Å². The molecule has 0 spiro atoms. The maximum atomic E-state index is 11.6. The number of rotatable bonds is 4. The fourth-order valence-corrected chi connectivity index (χ4v) is 2.11. The minimum absolute atomic E-state index is 0.716. The van der Waals surface area contributed by atoms with Gasteiger partial charge in [0.05, 0.1) is 0 Å². The van der Waals surface area contributed by atoms with Gasteiger partial charge in [0.1, 0.15) is 0 Å². The first-order valence-electron chi connectivity index (χ1n) is 6.07. The fraction of sp³-hybridized carbons (Fsp3) is 0.0714. The summed E-state index contributed by atoms with van der Waals surface area (Å²) in [6.45, 7) is 0. The molecule has 0 unspecified atom stereocenters. The van der Waals surface area contributed by atoms with Gasteiger partial charge in [-0.2, -0.15) is 8.42 Å². The predicted molar refractivity (Wildman–Crippen MR) is 77.5 cm³/mol. The Kier molecular flexibility index (Phi) is 4.56. The zero-order chi connectivity index (χ0) is 15.3. The molecule has 6 nitrogen and oxygen atoms in total. The largest absolute Gasteiger partial charge is 0.436 e. The van der Waals surface area contributed by atoms with Crippen molar-refractivity contribution in [1.82, 2.24) is 4.72 Å². The molecule has 21 heavy (non-hydrogen) atoms. The third-order valence-electron chi connectivity index (χ3n) is 2.66. The first-order valence-corrected chi connectivity index (χ1v) is 7.61. The van der Waals surface area contributed by atoms with E-state index in [-0.39, 0.29) is 0 Å². The highest BCUT2D eigenvalue weighted by Crippen LogP contribution is 2.25. The Morgan fingerprint density at radius 3 is 1.76 bits per heavy atom. The Bertz CT molecular complexity index is 663. The molecule has 1 amide bonds. The first-order chi connectivity index (χ1) is 9.96. The van der Waals surface area contributed by atoms with Gasteiger partial charge in [-0.1, -0.05) is 60.7 Å². The lowest BCUT2D eigenvalue weighted by Crippen LogP contribution is -2.37. The van der Waals surface area contributed by atoms with E-state index in [4.69, 9.17) is 9.88 Å². The molecule has 3 N–H and O–H groups in total. The van der Waals surface area contributed by atoms with Gasteiger partial charge in [0.15, 0.2) is 6.10 Å². The van der Waals surface area contributed by atoms with Gasteiger partial charge < -0.3 is 4.74 Å². The van der Waals surface area contributed by atoms with Crippen LogP contribution in [0.3, 0.4) is 0 Å². The van der Waals surface area contributed by atoms with E-state index in [0.29, 0.717) is 11.1 Å². The molecule has 0 bridgehead atoms. The lowest BCUT2D eigenvalue weighted by atomic mass is 10.0. The van der Waals surface area contributed by atoms with Crippen molar-refractivity contribution < 1.29 is 17.9 Å². The highest BCUT2D eigenvalue weighted by molar-refractivity contribution is 7.87. The van der Waals surface area contributed by atoms with Crippen LogP contribution in [0, 0.1) is 0 Å². The number of nitrogens with one attached hydrogen (secondary N) is 1. The number of ether oxygens (including phenoxy) is 1. The lowest BCUT2D eigenvalue weighted by molar-refractivity contribution is 0.122. The van der Waals surface area contributed by atoms with Crippen LogP contribution >= 0.6 is 0 Å². The van der Waals surface area contributed by atoms with Crippen LogP contribution < -0.4 is 9.86 Å². The Morgan fingerprint density at radius 2 is 1.38 bits per heavy atom. The average Bonchev–Trinajstić information content (AvgIpc) is 2.45. The molecule has 110 valence electrons. The van der Waals surface area contributed by atoms with Gasteiger partial charge in [-0.25, -0.2) is 14.7 Å². The normalized spacial score (nSPS) is 11.1. The Balaban J connectivity index is 2.28. The molecule has 2 aromatic rings. The summed E-state index contributed by atoms with van der Waals surface area (Å²) in [5.74, 6) is 0. The van der Waals surface area contributed by atoms with E-state index in [2.05, 4.69) is 0 Å². The number of amides is 1. The van der Waals surface area contributed by atoms with Crippen molar-refractivity contribution in [3.8, 4) is 0 Å². The topological polar surface area (TPSA) is 98.5 Å². The van der Waals surface area contributed by atoms with E-state index in [1.165, 1.54) is 0 Å². The monoisotopic (exact) mass is 306 g/mol. The van der Waals surface area contributed by atoms with Crippen molar-refractivity contribution in [1.29, 1.82) is 0 Å². The molecule has 2 rings (SSSR count).